The van der Waals surface area contributed by atoms with Crippen LogP contribution < -0.4 is 4.74 Å². The zero-order chi connectivity index (χ0) is 14.5. The van der Waals surface area contributed by atoms with Gasteiger partial charge in [-0.2, -0.15) is 0 Å². The molecule has 0 spiro atoms. The van der Waals surface area contributed by atoms with Crippen LogP contribution in [0.3, 0.4) is 0 Å². The van der Waals surface area contributed by atoms with Crippen molar-refractivity contribution in [2.45, 2.75) is 10.6 Å². The van der Waals surface area contributed by atoms with Crippen LogP contribution in [0.2, 0.25) is 0 Å². The third-order valence-electron chi connectivity index (χ3n) is 3.07. The maximum absolute atomic E-state index is 5.40. The van der Waals surface area contributed by atoms with E-state index in [4.69, 9.17) is 9.26 Å². The van der Waals surface area contributed by atoms with E-state index in [0.717, 1.165) is 28.5 Å². The average Bonchev–Trinajstić information content (AvgIpc) is 3.03. The summed E-state index contributed by atoms with van der Waals surface area (Å²) in [6.45, 7) is 0. The van der Waals surface area contributed by atoms with Crippen LogP contribution in [0.4, 0.5) is 0 Å². The van der Waals surface area contributed by atoms with E-state index in [2.05, 4.69) is 17.3 Å². The summed E-state index contributed by atoms with van der Waals surface area (Å²) in [6, 6.07) is 20.0. The Bertz CT molecular complexity index is 692. The van der Waals surface area contributed by atoms with Gasteiger partial charge in [-0.25, -0.2) is 0 Å². The van der Waals surface area contributed by atoms with Crippen LogP contribution in [-0.2, 0) is 5.75 Å². The molecule has 3 nitrogen and oxygen atoms in total. The fourth-order valence-corrected chi connectivity index (χ4v) is 2.74. The van der Waals surface area contributed by atoms with Crippen LogP contribution in [0.25, 0.3) is 11.3 Å². The molecule has 0 fully saturated rings. The van der Waals surface area contributed by atoms with Gasteiger partial charge in [0.2, 0.25) is 0 Å². The minimum Gasteiger partial charge on any atom is -0.497 e. The predicted molar refractivity (Wildman–Crippen MR) is 84.5 cm³/mol. The molecule has 0 saturated carbocycles. The highest BCUT2D eigenvalue weighted by Gasteiger charge is 2.07. The summed E-state index contributed by atoms with van der Waals surface area (Å²) in [7, 11) is 1.66. The minimum absolute atomic E-state index is 0.771. The summed E-state index contributed by atoms with van der Waals surface area (Å²) in [5.74, 6) is 2.48. The van der Waals surface area contributed by atoms with Crippen LogP contribution >= 0.6 is 11.8 Å². The number of benzene rings is 2. The largest absolute Gasteiger partial charge is 0.497 e. The van der Waals surface area contributed by atoms with Crippen molar-refractivity contribution in [1.82, 2.24) is 5.16 Å². The Hall–Kier alpha value is -2.20. The highest BCUT2D eigenvalue weighted by Crippen LogP contribution is 2.26. The lowest BCUT2D eigenvalue weighted by atomic mass is 10.1. The first-order valence-corrected chi connectivity index (χ1v) is 7.61. The Labute approximate surface area is 127 Å². The molecule has 3 aromatic rings. The van der Waals surface area contributed by atoms with Crippen molar-refractivity contribution >= 4 is 11.8 Å². The fourth-order valence-electron chi connectivity index (χ4n) is 1.95. The van der Waals surface area contributed by atoms with E-state index in [1.165, 1.54) is 4.90 Å². The number of nitrogens with zero attached hydrogens (tertiary/aromatic N) is 1. The molecule has 0 atom stereocenters. The number of rotatable bonds is 5. The number of hydrogen-bond donors (Lipinski definition) is 0. The van der Waals surface area contributed by atoms with Crippen molar-refractivity contribution in [3.63, 3.8) is 0 Å². The van der Waals surface area contributed by atoms with Crippen molar-refractivity contribution in [3.05, 3.63) is 66.4 Å². The molecule has 1 aromatic heterocycles. The van der Waals surface area contributed by atoms with E-state index < -0.39 is 0 Å². The first-order chi connectivity index (χ1) is 10.3. The standard InChI is InChI=1S/C17H15NO2S/c1-19-14-9-7-13(8-10-14)17-11-15(20-18-17)12-21-16-5-3-2-4-6-16/h2-11H,12H2,1H3. The van der Waals surface area contributed by atoms with E-state index in [1.807, 2.05) is 48.5 Å². The molecule has 0 saturated heterocycles. The number of methoxy groups -OCH3 is 1. The van der Waals surface area contributed by atoms with E-state index >= 15 is 0 Å². The van der Waals surface area contributed by atoms with Crippen LogP contribution in [-0.4, -0.2) is 12.3 Å². The maximum atomic E-state index is 5.40. The summed E-state index contributed by atoms with van der Waals surface area (Å²) in [6.07, 6.45) is 0. The molecule has 0 aliphatic carbocycles. The van der Waals surface area contributed by atoms with Crippen LogP contribution in [0.1, 0.15) is 5.76 Å². The van der Waals surface area contributed by atoms with Gasteiger partial charge in [-0.3, -0.25) is 0 Å². The van der Waals surface area contributed by atoms with E-state index in [0.29, 0.717) is 0 Å². The van der Waals surface area contributed by atoms with Gasteiger partial charge in [0.25, 0.3) is 0 Å². The second-order valence-electron chi connectivity index (χ2n) is 4.51. The second-order valence-corrected chi connectivity index (χ2v) is 5.56. The molecule has 0 N–H and O–H groups in total. The van der Waals surface area contributed by atoms with Gasteiger partial charge in [-0.15, -0.1) is 11.8 Å². The molecule has 21 heavy (non-hydrogen) atoms. The summed E-state index contributed by atoms with van der Waals surface area (Å²) >= 11 is 1.73. The Morgan fingerprint density at radius 2 is 1.81 bits per heavy atom. The summed E-state index contributed by atoms with van der Waals surface area (Å²) < 4.78 is 10.5. The number of aromatic nitrogens is 1. The smallest absolute Gasteiger partial charge is 0.147 e. The van der Waals surface area contributed by atoms with Crippen LogP contribution in [0.15, 0.2) is 70.1 Å². The molecule has 0 unspecified atom stereocenters. The monoisotopic (exact) mass is 297 g/mol. The quantitative estimate of drug-likeness (QED) is 0.642. The Balaban J connectivity index is 1.68. The van der Waals surface area contributed by atoms with Crippen molar-refractivity contribution in [2.24, 2.45) is 0 Å². The van der Waals surface area contributed by atoms with Gasteiger partial charge in [-0.1, -0.05) is 23.4 Å². The number of hydrogen-bond acceptors (Lipinski definition) is 4. The lowest BCUT2D eigenvalue weighted by Gasteiger charge is -1.99. The minimum atomic E-state index is 0.771. The number of thioether (sulfide) groups is 1. The molecule has 0 aliphatic heterocycles. The van der Waals surface area contributed by atoms with Crippen molar-refractivity contribution < 1.29 is 9.26 Å². The molecule has 0 aliphatic rings. The highest BCUT2D eigenvalue weighted by atomic mass is 32.2. The van der Waals surface area contributed by atoms with E-state index in [-0.39, 0.29) is 0 Å². The first kappa shape index (κ1) is 13.8. The summed E-state index contributed by atoms with van der Waals surface area (Å²) in [5.41, 5.74) is 1.87. The molecule has 3 rings (SSSR count). The summed E-state index contributed by atoms with van der Waals surface area (Å²) in [5, 5.41) is 4.13. The molecule has 106 valence electrons. The Kier molecular flexibility index (Phi) is 4.26. The lowest BCUT2D eigenvalue weighted by Crippen LogP contribution is -1.82. The fraction of sp³-hybridized carbons (Fsp3) is 0.118. The van der Waals surface area contributed by atoms with E-state index in [9.17, 15) is 0 Å². The average molecular weight is 297 g/mol. The van der Waals surface area contributed by atoms with Gasteiger partial charge in [0.1, 0.15) is 17.2 Å². The van der Waals surface area contributed by atoms with Gasteiger partial charge in [0, 0.05) is 16.5 Å². The molecule has 0 radical (unpaired) electrons. The van der Waals surface area contributed by atoms with Crippen LogP contribution in [0.5, 0.6) is 5.75 Å². The van der Waals surface area contributed by atoms with Gasteiger partial charge in [0.05, 0.1) is 12.9 Å². The zero-order valence-corrected chi connectivity index (χ0v) is 12.5. The van der Waals surface area contributed by atoms with Gasteiger partial charge < -0.3 is 9.26 Å². The topological polar surface area (TPSA) is 35.3 Å². The van der Waals surface area contributed by atoms with Crippen molar-refractivity contribution in [1.29, 1.82) is 0 Å². The van der Waals surface area contributed by atoms with Gasteiger partial charge in [0.15, 0.2) is 0 Å². The Morgan fingerprint density at radius 1 is 1.05 bits per heavy atom. The third kappa shape index (κ3) is 3.47. The van der Waals surface area contributed by atoms with Crippen molar-refractivity contribution in [3.8, 4) is 17.0 Å². The van der Waals surface area contributed by atoms with Crippen molar-refractivity contribution in [2.75, 3.05) is 7.11 Å². The first-order valence-electron chi connectivity index (χ1n) is 6.63. The van der Waals surface area contributed by atoms with Gasteiger partial charge >= 0.3 is 0 Å². The lowest BCUT2D eigenvalue weighted by molar-refractivity contribution is 0.397. The molecule has 1 heterocycles. The molecule has 4 heteroatoms. The molecular weight excluding hydrogens is 282 g/mol. The summed E-state index contributed by atoms with van der Waals surface area (Å²) in [4.78, 5) is 1.22. The SMILES string of the molecule is COc1ccc(-c2cc(CSc3ccccc3)on2)cc1. The predicted octanol–water partition coefficient (Wildman–Crippen LogP) is 4.64. The van der Waals surface area contributed by atoms with Crippen LogP contribution in [0, 0.1) is 0 Å². The normalized spacial score (nSPS) is 10.5. The van der Waals surface area contributed by atoms with E-state index in [1.54, 1.807) is 18.9 Å². The van der Waals surface area contributed by atoms with Gasteiger partial charge in [-0.05, 0) is 36.4 Å². The number of ether oxygens (including phenoxy) is 1. The maximum Gasteiger partial charge on any atom is 0.147 e. The molecule has 2 aromatic carbocycles. The zero-order valence-electron chi connectivity index (χ0n) is 11.7. The molecule has 0 amide bonds. The molecule has 0 bridgehead atoms. The molecular formula is C17H15NO2S. The highest BCUT2D eigenvalue weighted by molar-refractivity contribution is 7.98. The second kappa shape index (κ2) is 6.50. The third-order valence-corrected chi connectivity index (χ3v) is 4.10. The Morgan fingerprint density at radius 3 is 2.52 bits per heavy atom.